The largest absolute Gasteiger partial charge is 0.399 e. The van der Waals surface area contributed by atoms with Gasteiger partial charge in [-0.2, -0.15) is 0 Å². The number of hydrogen-bond acceptors (Lipinski definition) is 2. The van der Waals surface area contributed by atoms with Crippen LogP contribution in [0.3, 0.4) is 0 Å². The molecule has 0 spiro atoms. The van der Waals surface area contributed by atoms with Gasteiger partial charge in [0, 0.05) is 25.3 Å². The topological polar surface area (TPSA) is 29.3 Å². The highest BCUT2D eigenvalue weighted by molar-refractivity contribution is 5.61. The van der Waals surface area contributed by atoms with Gasteiger partial charge in [-0.05, 0) is 46.9 Å². The molecular formula is C18H19FN2. The smallest absolute Gasteiger partial charge is 0.123 e. The lowest BCUT2D eigenvalue weighted by Gasteiger charge is -2.29. The van der Waals surface area contributed by atoms with E-state index in [2.05, 4.69) is 23.6 Å². The van der Waals surface area contributed by atoms with Crippen molar-refractivity contribution in [3.8, 4) is 0 Å². The van der Waals surface area contributed by atoms with Crippen molar-refractivity contribution in [3.05, 3.63) is 77.1 Å². The molecular weight excluding hydrogens is 263 g/mol. The van der Waals surface area contributed by atoms with E-state index < -0.39 is 0 Å². The second kappa shape index (κ2) is 5.70. The first-order valence-corrected chi connectivity index (χ1v) is 7.15. The maximum Gasteiger partial charge on any atom is 0.123 e. The van der Waals surface area contributed by atoms with Crippen LogP contribution in [-0.4, -0.2) is 11.4 Å². The Morgan fingerprint density at radius 1 is 1.14 bits per heavy atom. The van der Waals surface area contributed by atoms with Gasteiger partial charge >= 0.3 is 0 Å². The molecule has 0 bridgehead atoms. The Balaban J connectivity index is 1.75. The van der Waals surface area contributed by atoms with Crippen LogP contribution in [0.2, 0.25) is 0 Å². The zero-order chi connectivity index (χ0) is 14.8. The summed E-state index contributed by atoms with van der Waals surface area (Å²) in [5.41, 5.74) is 11.2. The van der Waals surface area contributed by atoms with Gasteiger partial charge in [-0.3, -0.25) is 4.90 Å². The molecule has 0 amide bonds. The minimum atomic E-state index is -0.186. The van der Waals surface area contributed by atoms with Crippen LogP contribution >= 0.6 is 0 Å². The molecule has 1 heterocycles. The van der Waals surface area contributed by atoms with Crippen molar-refractivity contribution in [1.29, 1.82) is 0 Å². The summed E-state index contributed by atoms with van der Waals surface area (Å²) >= 11 is 0. The maximum atomic E-state index is 12.9. The number of halogens is 1. The van der Waals surface area contributed by atoms with Gasteiger partial charge < -0.3 is 5.73 Å². The van der Waals surface area contributed by atoms with Gasteiger partial charge in [-0.25, -0.2) is 4.39 Å². The highest BCUT2D eigenvalue weighted by atomic mass is 19.1. The van der Waals surface area contributed by atoms with Crippen molar-refractivity contribution in [3.63, 3.8) is 0 Å². The van der Waals surface area contributed by atoms with Crippen LogP contribution in [0.1, 0.15) is 22.3 Å². The molecule has 2 aromatic rings. The third-order valence-electron chi connectivity index (χ3n) is 3.99. The van der Waals surface area contributed by atoms with Crippen LogP contribution in [0, 0.1) is 5.82 Å². The zero-order valence-corrected chi connectivity index (χ0v) is 12.0. The number of rotatable bonds is 3. The zero-order valence-electron chi connectivity index (χ0n) is 12.0. The van der Waals surface area contributed by atoms with Crippen LogP contribution in [0.4, 0.5) is 4.39 Å². The Morgan fingerprint density at radius 2 is 1.90 bits per heavy atom. The Hall–Kier alpha value is -2.13. The summed E-state index contributed by atoms with van der Waals surface area (Å²) in [5.74, 6) is -0.186. The van der Waals surface area contributed by atoms with E-state index in [-0.39, 0.29) is 5.82 Å². The SMILES string of the molecule is C=C(N)c1ccc2c(c1)CN(Cc1ccc(F)cc1)CC2. The van der Waals surface area contributed by atoms with E-state index in [9.17, 15) is 4.39 Å². The highest BCUT2D eigenvalue weighted by Crippen LogP contribution is 2.23. The number of nitrogens with two attached hydrogens (primary N) is 1. The first-order valence-electron chi connectivity index (χ1n) is 7.15. The predicted octanol–water partition coefficient (Wildman–Crippen LogP) is 3.31. The van der Waals surface area contributed by atoms with Crippen LogP contribution in [-0.2, 0) is 19.5 Å². The Kier molecular flexibility index (Phi) is 3.76. The monoisotopic (exact) mass is 282 g/mol. The molecule has 3 heteroatoms. The van der Waals surface area contributed by atoms with Crippen molar-refractivity contribution in [2.24, 2.45) is 5.73 Å². The van der Waals surface area contributed by atoms with E-state index in [1.54, 1.807) is 0 Å². The van der Waals surface area contributed by atoms with Gasteiger partial charge in [0.2, 0.25) is 0 Å². The fourth-order valence-electron chi connectivity index (χ4n) is 2.80. The molecule has 0 unspecified atom stereocenters. The van der Waals surface area contributed by atoms with Gasteiger partial charge in [0.15, 0.2) is 0 Å². The normalized spacial score (nSPS) is 14.7. The summed E-state index contributed by atoms with van der Waals surface area (Å²) < 4.78 is 12.9. The van der Waals surface area contributed by atoms with E-state index in [1.807, 2.05) is 18.2 Å². The van der Waals surface area contributed by atoms with E-state index in [1.165, 1.54) is 23.3 Å². The predicted molar refractivity (Wildman–Crippen MR) is 83.9 cm³/mol. The molecule has 2 N–H and O–H groups in total. The summed E-state index contributed by atoms with van der Waals surface area (Å²) in [5, 5.41) is 0. The number of nitrogens with zero attached hydrogens (tertiary/aromatic N) is 1. The standard InChI is InChI=1S/C18H19FN2/c1-13(20)16-5-4-15-8-9-21(12-17(15)10-16)11-14-2-6-18(19)7-3-14/h2-7,10H,1,8-9,11-12,20H2. The Labute approximate surface area is 124 Å². The van der Waals surface area contributed by atoms with Crippen molar-refractivity contribution in [1.82, 2.24) is 4.90 Å². The van der Waals surface area contributed by atoms with Gasteiger partial charge in [0.25, 0.3) is 0 Å². The average molecular weight is 282 g/mol. The molecule has 2 nitrogen and oxygen atoms in total. The summed E-state index contributed by atoms with van der Waals surface area (Å²) in [6, 6.07) is 13.1. The van der Waals surface area contributed by atoms with Gasteiger partial charge in [0.05, 0.1) is 0 Å². The maximum absolute atomic E-state index is 12.9. The molecule has 21 heavy (non-hydrogen) atoms. The average Bonchev–Trinajstić information content (AvgIpc) is 2.49. The van der Waals surface area contributed by atoms with Crippen molar-refractivity contribution >= 4 is 5.70 Å². The van der Waals surface area contributed by atoms with E-state index in [0.717, 1.165) is 37.2 Å². The molecule has 0 radical (unpaired) electrons. The highest BCUT2D eigenvalue weighted by Gasteiger charge is 2.16. The molecule has 1 aliphatic rings. The molecule has 1 aliphatic heterocycles. The number of fused-ring (bicyclic) bond motifs is 1. The lowest BCUT2D eigenvalue weighted by atomic mass is 9.96. The summed E-state index contributed by atoms with van der Waals surface area (Å²) in [4.78, 5) is 2.37. The number of benzene rings is 2. The van der Waals surface area contributed by atoms with E-state index in [0.29, 0.717) is 5.70 Å². The second-order valence-corrected chi connectivity index (χ2v) is 5.60. The fourth-order valence-corrected chi connectivity index (χ4v) is 2.80. The molecule has 108 valence electrons. The lowest BCUT2D eigenvalue weighted by Crippen LogP contribution is -2.30. The van der Waals surface area contributed by atoms with Crippen molar-refractivity contribution < 1.29 is 4.39 Å². The van der Waals surface area contributed by atoms with Gasteiger partial charge in [-0.15, -0.1) is 0 Å². The third kappa shape index (κ3) is 3.14. The molecule has 2 aromatic carbocycles. The molecule has 0 saturated heterocycles. The molecule has 3 rings (SSSR count). The molecule has 0 saturated carbocycles. The van der Waals surface area contributed by atoms with Crippen LogP contribution in [0.15, 0.2) is 49.0 Å². The van der Waals surface area contributed by atoms with Crippen molar-refractivity contribution in [2.75, 3.05) is 6.54 Å². The number of hydrogen-bond donors (Lipinski definition) is 1. The molecule has 0 aromatic heterocycles. The third-order valence-corrected chi connectivity index (χ3v) is 3.99. The molecule has 0 atom stereocenters. The van der Waals surface area contributed by atoms with Crippen LogP contribution in [0.5, 0.6) is 0 Å². The minimum absolute atomic E-state index is 0.186. The van der Waals surface area contributed by atoms with Crippen LogP contribution < -0.4 is 5.73 Å². The van der Waals surface area contributed by atoms with E-state index >= 15 is 0 Å². The molecule has 0 fully saturated rings. The van der Waals surface area contributed by atoms with Crippen molar-refractivity contribution in [2.45, 2.75) is 19.5 Å². The Morgan fingerprint density at radius 3 is 2.62 bits per heavy atom. The van der Waals surface area contributed by atoms with Gasteiger partial charge in [0.1, 0.15) is 5.82 Å². The Bertz CT molecular complexity index is 661. The van der Waals surface area contributed by atoms with Gasteiger partial charge in [-0.1, -0.05) is 30.8 Å². The minimum Gasteiger partial charge on any atom is -0.399 e. The van der Waals surface area contributed by atoms with E-state index in [4.69, 9.17) is 5.73 Å². The lowest BCUT2D eigenvalue weighted by molar-refractivity contribution is 0.245. The first kappa shape index (κ1) is 13.8. The first-order chi connectivity index (χ1) is 10.1. The second-order valence-electron chi connectivity index (χ2n) is 5.60. The summed E-state index contributed by atoms with van der Waals surface area (Å²) in [7, 11) is 0. The fraction of sp³-hybridized carbons (Fsp3) is 0.222. The summed E-state index contributed by atoms with van der Waals surface area (Å²) in [6.45, 7) is 6.56. The summed E-state index contributed by atoms with van der Waals surface area (Å²) in [6.07, 6.45) is 1.04. The van der Waals surface area contributed by atoms with Crippen LogP contribution in [0.25, 0.3) is 5.70 Å². The molecule has 0 aliphatic carbocycles. The quantitative estimate of drug-likeness (QED) is 0.935.